The zero-order valence-corrected chi connectivity index (χ0v) is 13.8. The van der Waals surface area contributed by atoms with Crippen LogP contribution in [0.4, 0.5) is 0 Å². The van der Waals surface area contributed by atoms with Gasteiger partial charge in [-0.2, -0.15) is 0 Å². The van der Waals surface area contributed by atoms with Gasteiger partial charge in [-0.3, -0.25) is 4.21 Å². The Balaban J connectivity index is 3.14. The Kier molecular flexibility index (Phi) is 6.06. The summed E-state index contributed by atoms with van der Waals surface area (Å²) < 4.78 is 38.3. The summed E-state index contributed by atoms with van der Waals surface area (Å²) in [5.41, 5.74) is 0.456. The number of aryl methyl sites for hydroxylation is 1. The molecule has 0 spiro atoms. The number of carboxylic acid groups (broad SMARTS) is 1. The van der Waals surface area contributed by atoms with Crippen LogP contribution in [-0.4, -0.2) is 41.8 Å². The number of carboxylic acids is 1. The van der Waals surface area contributed by atoms with Gasteiger partial charge in [0.05, 0.1) is 10.5 Å². The molecule has 0 amide bonds. The molecule has 0 aliphatic carbocycles. The normalized spacial score (nSPS) is 14.6. The monoisotopic (exact) mass is 333 g/mol. The first kappa shape index (κ1) is 17.8. The predicted molar refractivity (Wildman–Crippen MR) is 81.5 cm³/mol. The first-order chi connectivity index (χ1) is 9.69. The van der Waals surface area contributed by atoms with Crippen molar-refractivity contribution in [3.63, 3.8) is 0 Å². The number of sulfonamides is 1. The van der Waals surface area contributed by atoms with Crippen LogP contribution < -0.4 is 4.72 Å². The maximum absolute atomic E-state index is 12.3. The van der Waals surface area contributed by atoms with Gasteiger partial charge in [-0.05, 0) is 31.0 Å². The average Bonchev–Trinajstić information content (AvgIpc) is 2.43. The molecule has 0 aliphatic rings. The molecule has 2 unspecified atom stereocenters. The third-order valence-corrected chi connectivity index (χ3v) is 5.92. The molecule has 0 heterocycles. The van der Waals surface area contributed by atoms with Crippen LogP contribution in [0.5, 0.6) is 0 Å². The van der Waals surface area contributed by atoms with Crippen molar-refractivity contribution in [1.82, 2.24) is 4.72 Å². The Hall–Kier alpha value is -1.25. The molecule has 118 valence electrons. The fourth-order valence-corrected chi connectivity index (χ4v) is 3.54. The van der Waals surface area contributed by atoms with Crippen LogP contribution in [0.3, 0.4) is 0 Å². The van der Waals surface area contributed by atoms with E-state index in [1.165, 1.54) is 18.4 Å². The van der Waals surface area contributed by atoms with Crippen molar-refractivity contribution in [3.05, 3.63) is 29.3 Å². The van der Waals surface area contributed by atoms with Gasteiger partial charge >= 0.3 is 5.97 Å². The lowest BCUT2D eigenvalue weighted by atomic mass is 10.1. The summed E-state index contributed by atoms with van der Waals surface area (Å²) in [7, 11) is -4.98. The van der Waals surface area contributed by atoms with E-state index in [1.54, 1.807) is 13.8 Å². The van der Waals surface area contributed by atoms with Crippen molar-refractivity contribution in [1.29, 1.82) is 0 Å². The molecule has 0 aliphatic heterocycles. The molecule has 1 aromatic carbocycles. The summed E-state index contributed by atoms with van der Waals surface area (Å²) in [5, 5.41) is 8.65. The van der Waals surface area contributed by atoms with Crippen LogP contribution in [0, 0.1) is 0 Å². The molecule has 8 heteroatoms. The third kappa shape index (κ3) is 4.62. The van der Waals surface area contributed by atoms with Crippen molar-refractivity contribution < 1.29 is 22.5 Å². The largest absolute Gasteiger partial charge is 0.478 e. The fraction of sp³-hybridized carbons (Fsp3) is 0.462. The van der Waals surface area contributed by atoms with Gasteiger partial charge in [0.1, 0.15) is 0 Å². The standard InChI is InChI=1S/C13H19NO5S2/c1-4-10-5-6-11(13(15)16)7-12(10)21(18,19)14-8-9(2)20(3)17/h5-7,9,14H,4,8H2,1-3H3,(H,15,16). The first-order valence-electron chi connectivity index (χ1n) is 6.37. The Morgan fingerprint density at radius 2 is 2.05 bits per heavy atom. The number of hydrogen-bond acceptors (Lipinski definition) is 4. The number of hydrogen-bond donors (Lipinski definition) is 2. The average molecular weight is 333 g/mol. The lowest BCUT2D eigenvalue weighted by molar-refractivity contribution is 0.0696. The molecular formula is C13H19NO5S2. The van der Waals surface area contributed by atoms with E-state index in [1.807, 2.05) is 0 Å². The molecule has 0 radical (unpaired) electrons. The minimum atomic E-state index is -3.84. The van der Waals surface area contributed by atoms with Gasteiger partial charge in [0.2, 0.25) is 10.0 Å². The van der Waals surface area contributed by atoms with Crippen LogP contribution in [0.1, 0.15) is 29.8 Å². The highest BCUT2D eigenvalue weighted by molar-refractivity contribution is 7.89. The minimum Gasteiger partial charge on any atom is -0.478 e. The van der Waals surface area contributed by atoms with E-state index in [9.17, 15) is 17.4 Å². The van der Waals surface area contributed by atoms with Gasteiger partial charge in [0.15, 0.2) is 0 Å². The third-order valence-electron chi connectivity index (χ3n) is 3.11. The van der Waals surface area contributed by atoms with Gasteiger partial charge in [-0.25, -0.2) is 17.9 Å². The molecule has 1 rings (SSSR count). The summed E-state index contributed by atoms with van der Waals surface area (Å²) in [4.78, 5) is 10.9. The Morgan fingerprint density at radius 1 is 1.43 bits per heavy atom. The molecule has 2 N–H and O–H groups in total. The molecule has 0 aromatic heterocycles. The van der Waals surface area contributed by atoms with E-state index >= 15 is 0 Å². The second-order valence-electron chi connectivity index (χ2n) is 4.64. The highest BCUT2D eigenvalue weighted by Gasteiger charge is 2.21. The Labute approximate surface area is 127 Å². The lowest BCUT2D eigenvalue weighted by Crippen LogP contribution is -2.33. The maximum atomic E-state index is 12.3. The van der Waals surface area contributed by atoms with Crippen molar-refractivity contribution >= 4 is 26.8 Å². The SMILES string of the molecule is CCc1ccc(C(=O)O)cc1S(=O)(=O)NCC(C)S(C)=O. The molecule has 1 aromatic rings. The smallest absolute Gasteiger partial charge is 0.335 e. The van der Waals surface area contributed by atoms with E-state index in [0.717, 1.165) is 6.07 Å². The van der Waals surface area contributed by atoms with Crippen molar-refractivity contribution in [2.45, 2.75) is 30.4 Å². The van der Waals surface area contributed by atoms with E-state index in [0.29, 0.717) is 12.0 Å². The van der Waals surface area contributed by atoms with Crippen molar-refractivity contribution in [2.24, 2.45) is 0 Å². The quantitative estimate of drug-likeness (QED) is 0.775. The van der Waals surface area contributed by atoms with Gasteiger partial charge in [0.25, 0.3) is 0 Å². The summed E-state index contributed by atoms with van der Waals surface area (Å²) in [6.45, 7) is 3.50. The van der Waals surface area contributed by atoms with E-state index < -0.39 is 26.8 Å². The van der Waals surface area contributed by atoms with Crippen LogP contribution in [0.15, 0.2) is 23.1 Å². The Morgan fingerprint density at radius 3 is 2.52 bits per heavy atom. The number of nitrogens with one attached hydrogen (secondary N) is 1. The number of benzene rings is 1. The van der Waals surface area contributed by atoms with Crippen LogP contribution >= 0.6 is 0 Å². The van der Waals surface area contributed by atoms with Crippen LogP contribution in [0.2, 0.25) is 0 Å². The second-order valence-corrected chi connectivity index (χ2v) is 8.18. The molecule has 0 saturated heterocycles. The Bertz CT molecular complexity index is 655. The predicted octanol–water partition coefficient (Wildman–Crippen LogP) is 0.992. The summed E-state index contributed by atoms with van der Waals surface area (Å²) in [5.74, 6) is -1.18. The molecule has 0 fully saturated rings. The van der Waals surface area contributed by atoms with E-state index in [4.69, 9.17) is 5.11 Å². The van der Waals surface area contributed by atoms with Crippen molar-refractivity contribution in [2.75, 3.05) is 12.8 Å². The van der Waals surface area contributed by atoms with Crippen LogP contribution in [0.25, 0.3) is 0 Å². The topological polar surface area (TPSA) is 101 Å². The highest BCUT2D eigenvalue weighted by Crippen LogP contribution is 2.18. The molecule has 6 nitrogen and oxygen atoms in total. The maximum Gasteiger partial charge on any atom is 0.335 e. The van der Waals surface area contributed by atoms with Gasteiger partial charge in [0, 0.05) is 28.9 Å². The van der Waals surface area contributed by atoms with E-state index in [-0.39, 0.29) is 22.3 Å². The van der Waals surface area contributed by atoms with Gasteiger partial charge in [-0.15, -0.1) is 0 Å². The summed E-state index contributed by atoms with van der Waals surface area (Å²) >= 11 is 0. The van der Waals surface area contributed by atoms with Gasteiger partial charge in [-0.1, -0.05) is 13.0 Å². The van der Waals surface area contributed by atoms with E-state index in [2.05, 4.69) is 4.72 Å². The molecular weight excluding hydrogens is 314 g/mol. The molecule has 0 bridgehead atoms. The zero-order chi connectivity index (χ0) is 16.2. The number of aromatic carboxylic acids is 1. The minimum absolute atomic E-state index is 0.0336. The van der Waals surface area contributed by atoms with Gasteiger partial charge < -0.3 is 5.11 Å². The van der Waals surface area contributed by atoms with Crippen molar-refractivity contribution in [3.8, 4) is 0 Å². The lowest BCUT2D eigenvalue weighted by Gasteiger charge is -2.13. The molecule has 0 saturated carbocycles. The molecule has 21 heavy (non-hydrogen) atoms. The second kappa shape index (κ2) is 7.15. The zero-order valence-electron chi connectivity index (χ0n) is 12.1. The number of rotatable bonds is 7. The number of carbonyl (C=O) groups is 1. The highest BCUT2D eigenvalue weighted by atomic mass is 32.2. The summed E-state index contributed by atoms with van der Waals surface area (Å²) in [6.07, 6.45) is 1.97. The summed E-state index contributed by atoms with van der Waals surface area (Å²) in [6, 6.07) is 4.03. The first-order valence-corrected chi connectivity index (χ1v) is 9.47. The fourth-order valence-electron chi connectivity index (χ4n) is 1.65. The van der Waals surface area contributed by atoms with Crippen LogP contribution in [-0.2, 0) is 27.2 Å². The molecule has 2 atom stereocenters.